The third kappa shape index (κ3) is 4.39. The lowest BCUT2D eigenvalue weighted by atomic mass is 10.00. The Balaban J connectivity index is 1.79. The number of rotatable bonds is 6. The predicted molar refractivity (Wildman–Crippen MR) is 81.8 cm³/mol. The molecule has 0 heterocycles. The summed E-state index contributed by atoms with van der Waals surface area (Å²) in [5, 5.41) is 13.3. The Bertz CT molecular complexity index is 405. The van der Waals surface area contributed by atoms with E-state index in [-0.39, 0.29) is 6.10 Å². The van der Waals surface area contributed by atoms with Crippen LogP contribution < -0.4 is 10.1 Å². The van der Waals surface area contributed by atoms with Crippen LogP contribution in [0.4, 0.5) is 5.69 Å². The fourth-order valence-corrected chi connectivity index (χ4v) is 3.27. The molecule has 106 valence electrons. The van der Waals surface area contributed by atoms with Gasteiger partial charge in [0.25, 0.3) is 0 Å². The van der Waals surface area contributed by atoms with Gasteiger partial charge in [0.2, 0.25) is 0 Å². The van der Waals surface area contributed by atoms with E-state index < -0.39 is 0 Å². The van der Waals surface area contributed by atoms with Crippen molar-refractivity contribution in [2.75, 3.05) is 19.0 Å². The van der Waals surface area contributed by atoms with Gasteiger partial charge in [-0.2, -0.15) is 0 Å². The van der Waals surface area contributed by atoms with Crippen LogP contribution in [0.3, 0.4) is 0 Å². The molecule has 0 saturated heterocycles. The number of hydrogen-bond acceptors (Lipinski definition) is 3. The molecule has 0 bridgehead atoms. The molecular formula is C15H22BrNO2. The van der Waals surface area contributed by atoms with Crippen molar-refractivity contribution in [1.82, 2.24) is 0 Å². The molecule has 3 nitrogen and oxygen atoms in total. The Kier molecular flexibility index (Phi) is 5.52. The number of halogens is 1. The minimum atomic E-state index is -0.260. The topological polar surface area (TPSA) is 41.5 Å². The lowest BCUT2D eigenvalue weighted by Gasteiger charge is -2.17. The van der Waals surface area contributed by atoms with E-state index in [9.17, 15) is 5.11 Å². The Hall–Kier alpha value is -0.740. The smallest absolute Gasteiger partial charge is 0.133 e. The summed E-state index contributed by atoms with van der Waals surface area (Å²) >= 11 is 3.46. The van der Waals surface area contributed by atoms with Gasteiger partial charge in [-0.25, -0.2) is 0 Å². The molecule has 1 aliphatic carbocycles. The first-order valence-corrected chi connectivity index (χ1v) is 7.74. The summed E-state index contributed by atoms with van der Waals surface area (Å²) in [6, 6.07) is 5.85. The Labute approximate surface area is 123 Å². The minimum absolute atomic E-state index is 0.260. The summed E-state index contributed by atoms with van der Waals surface area (Å²) in [5.41, 5.74) is 0.998. The molecular weight excluding hydrogens is 306 g/mol. The molecule has 2 rings (SSSR count). The highest BCUT2D eigenvalue weighted by Gasteiger charge is 2.18. The van der Waals surface area contributed by atoms with Gasteiger partial charge >= 0.3 is 0 Å². The molecule has 0 amide bonds. The Morgan fingerprint density at radius 3 is 2.79 bits per heavy atom. The maximum absolute atomic E-state index is 10.0. The van der Waals surface area contributed by atoms with Crippen molar-refractivity contribution in [2.24, 2.45) is 5.92 Å². The average Bonchev–Trinajstić information content (AvgIpc) is 2.89. The quantitative estimate of drug-likeness (QED) is 0.834. The number of benzene rings is 1. The summed E-state index contributed by atoms with van der Waals surface area (Å²) in [7, 11) is 1.65. The number of anilines is 1. The molecule has 4 heteroatoms. The number of nitrogens with one attached hydrogen (secondary N) is 1. The van der Waals surface area contributed by atoms with Crippen molar-refractivity contribution in [3.05, 3.63) is 22.7 Å². The summed E-state index contributed by atoms with van der Waals surface area (Å²) < 4.78 is 6.11. The van der Waals surface area contributed by atoms with Crippen LogP contribution in [-0.2, 0) is 0 Å². The van der Waals surface area contributed by atoms with E-state index in [1.807, 2.05) is 18.2 Å². The Morgan fingerprint density at radius 2 is 2.16 bits per heavy atom. The number of methoxy groups -OCH3 is 1. The molecule has 1 atom stereocenters. The Morgan fingerprint density at radius 1 is 1.42 bits per heavy atom. The van der Waals surface area contributed by atoms with Crippen LogP contribution in [0.2, 0.25) is 0 Å². The van der Waals surface area contributed by atoms with Crippen LogP contribution in [0.1, 0.15) is 32.1 Å². The second-order valence-electron chi connectivity index (χ2n) is 5.27. The summed E-state index contributed by atoms with van der Waals surface area (Å²) in [4.78, 5) is 0. The largest absolute Gasteiger partial charge is 0.496 e. The van der Waals surface area contributed by atoms with E-state index in [0.717, 1.165) is 28.2 Å². The number of aliphatic hydroxyl groups excluding tert-OH is 1. The molecule has 1 aliphatic rings. The van der Waals surface area contributed by atoms with Gasteiger partial charge in [0.05, 0.1) is 17.7 Å². The fourth-order valence-electron chi connectivity index (χ4n) is 2.73. The van der Waals surface area contributed by atoms with Crippen molar-refractivity contribution in [3.8, 4) is 5.75 Å². The highest BCUT2D eigenvalue weighted by molar-refractivity contribution is 9.10. The van der Waals surface area contributed by atoms with Crippen LogP contribution in [0.15, 0.2) is 22.7 Å². The van der Waals surface area contributed by atoms with E-state index in [2.05, 4.69) is 21.2 Å². The standard InChI is InChI=1S/C15H22BrNO2/c1-19-15-7-6-12(9-14(15)16)17-10-13(18)8-11-4-2-3-5-11/h6-7,9,11,13,17-18H,2-5,8,10H2,1H3. The predicted octanol–water partition coefficient (Wildman–Crippen LogP) is 3.81. The van der Waals surface area contributed by atoms with E-state index >= 15 is 0 Å². The zero-order chi connectivity index (χ0) is 13.7. The van der Waals surface area contributed by atoms with Gasteiger partial charge in [-0.1, -0.05) is 25.7 Å². The molecule has 1 aromatic rings. The van der Waals surface area contributed by atoms with Crippen molar-refractivity contribution in [3.63, 3.8) is 0 Å². The molecule has 1 saturated carbocycles. The number of ether oxygens (including phenoxy) is 1. The third-order valence-corrected chi connectivity index (χ3v) is 4.39. The van der Waals surface area contributed by atoms with Crippen molar-refractivity contribution in [1.29, 1.82) is 0 Å². The van der Waals surface area contributed by atoms with Gasteiger partial charge in [-0.3, -0.25) is 0 Å². The van der Waals surface area contributed by atoms with Crippen LogP contribution in [-0.4, -0.2) is 24.9 Å². The average molecular weight is 328 g/mol. The van der Waals surface area contributed by atoms with Crippen LogP contribution in [0.25, 0.3) is 0 Å². The van der Waals surface area contributed by atoms with E-state index in [4.69, 9.17) is 4.74 Å². The maximum Gasteiger partial charge on any atom is 0.133 e. The minimum Gasteiger partial charge on any atom is -0.496 e. The van der Waals surface area contributed by atoms with Crippen molar-refractivity contribution in [2.45, 2.75) is 38.2 Å². The van der Waals surface area contributed by atoms with Crippen LogP contribution >= 0.6 is 15.9 Å². The molecule has 0 aromatic heterocycles. The first kappa shape index (κ1) is 14.7. The monoisotopic (exact) mass is 327 g/mol. The summed E-state index contributed by atoms with van der Waals surface area (Å²) in [5.74, 6) is 1.54. The van der Waals surface area contributed by atoms with Crippen LogP contribution in [0, 0.1) is 5.92 Å². The first-order valence-electron chi connectivity index (χ1n) is 6.94. The van der Waals surface area contributed by atoms with Gasteiger partial charge in [0.1, 0.15) is 5.75 Å². The van der Waals surface area contributed by atoms with Crippen molar-refractivity contribution < 1.29 is 9.84 Å². The number of hydrogen-bond donors (Lipinski definition) is 2. The van der Waals surface area contributed by atoms with Gasteiger partial charge in [-0.15, -0.1) is 0 Å². The van der Waals surface area contributed by atoms with Gasteiger partial charge < -0.3 is 15.2 Å². The molecule has 0 spiro atoms. The molecule has 1 fully saturated rings. The highest BCUT2D eigenvalue weighted by atomic mass is 79.9. The normalized spacial score (nSPS) is 17.4. The maximum atomic E-state index is 10.0. The van der Waals surface area contributed by atoms with E-state index in [1.165, 1.54) is 25.7 Å². The van der Waals surface area contributed by atoms with Gasteiger partial charge in [0, 0.05) is 12.2 Å². The van der Waals surface area contributed by atoms with Gasteiger partial charge in [-0.05, 0) is 46.5 Å². The summed E-state index contributed by atoms with van der Waals surface area (Å²) in [6.07, 6.45) is 5.89. The second-order valence-corrected chi connectivity index (χ2v) is 6.12. The zero-order valence-corrected chi connectivity index (χ0v) is 12.9. The highest BCUT2D eigenvalue weighted by Crippen LogP contribution is 2.29. The van der Waals surface area contributed by atoms with Gasteiger partial charge in [0.15, 0.2) is 0 Å². The molecule has 19 heavy (non-hydrogen) atoms. The second kappa shape index (κ2) is 7.15. The lowest BCUT2D eigenvalue weighted by Crippen LogP contribution is -2.22. The van der Waals surface area contributed by atoms with E-state index in [1.54, 1.807) is 7.11 Å². The molecule has 1 aromatic carbocycles. The SMILES string of the molecule is COc1ccc(NCC(O)CC2CCCC2)cc1Br. The fraction of sp³-hybridized carbons (Fsp3) is 0.600. The van der Waals surface area contributed by atoms with Crippen LogP contribution in [0.5, 0.6) is 5.75 Å². The summed E-state index contributed by atoms with van der Waals surface area (Å²) in [6.45, 7) is 0.606. The zero-order valence-electron chi connectivity index (χ0n) is 11.4. The molecule has 2 N–H and O–H groups in total. The first-order chi connectivity index (χ1) is 9.19. The van der Waals surface area contributed by atoms with Crippen molar-refractivity contribution >= 4 is 21.6 Å². The third-order valence-electron chi connectivity index (χ3n) is 3.77. The molecule has 0 aliphatic heterocycles. The molecule has 1 unspecified atom stereocenters. The number of aliphatic hydroxyl groups is 1. The lowest BCUT2D eigenvalue weighted by molar-refractivity contribution is 0.155. The van der Waals surface area contributed by atoms with E-state index in [0.29, 0.717) is 6.54 Å². The molecule has 0 radical (unpaired) electrons.